The fourth-order valence-electron chi connectivity index (χ4n) is 3.78. The second-order valence-electron chi connectivity index (χ2n) is 7.56. The van der Waals surface area contributed by atoms with Gasteiger partial charge >= 0.3 is 0 Å². The van der Waals surface area contributed by atoms with Crippen LogP contribution in [0.25, 0.3) is 16.6 Å². The monoisotopic (exact) mass is 407 g/mol. The SMILES string of the molecule is Cc1cccc(-n2c(S[C@@H](C)C(=O)N3CCCC3)nc3ccccc3c2=O)c1C. The zero-order valence-electron chi connectivity index (χ0n) is 17.0. The first-order valence-corrected chi connectivity index (χ1v) is 10.9. The molecule has 1 aromatic heterocycles. The van der Waals surface area contributed by atoms with Gasteiger partial charge in [0, 0.05) is 13.1 Å². The molecule has 3 aromatic rings. The maximum atomic E-state index is 13.4. The minimum absolute atomic E-state index is 0.104. The quantitative estimate of drug-likeness (QED) is 0.483. The molecular weight excluding hydrogens is 382 g/mol. The average Bonchev–Trinajstić information content (AvgIpc) is 3.25. The largest absolute Gasteiger partial charge is 0.342 e. The number of carbonyl (C=O) groups excluding carboxylic acids is 1. The molecule has 0 unspecified atom stereocenters. The molecule has 4 rings (SSSR count). The van der Waals surface area contributed by atoms with Gasteiger partial charge in [0.05, 0.1) is 21.8 Å². The standard InChI is InChI=1S/C23H25N3O2S/c1-15-9-8-12-20(16(15)2)26-22(28)18-10-4-5-11-19(18)24-23(26)29-17(3)21(27)25-13-6-7-14-25/h4-5,8-12,17H,6-7,13-14H2,1-3H3/t17-/m0/s1. The van der Waals surface area contributed by atoms with Crippen LogP contribution in [0.1, 0.15) is 30.9 Å². The molecule has 1 aliphatic heterocycles. The molecule has 0 saturated carbocycles. The molecular formula is C23H25N3O2S. The lowest BCUT2D eigenvalue weighted by molar-refractivity contribution is -0.129. The normalized spacial score (nSPS) is 15.1. The predicted octanol–water partition coefficient (Wildman–Crippen LogP) is 4.11. The number of benzene rings is 2. The highest BCUT2D eigenvalue weighted by atomic mass is 32.2. The third kappa shape index (κ3) is 3.69. The first-order valence-electron chi connectivity index (χ1n) is 10.0. The molecule has 1 atom stereocenters. The molecule has 0 spiro atoms. The van der Waals surface area contributed by atoms with E-state index in [0.29, 0.717) is 16.1 Å². The summed E-state index contributed by atoms with van der Waals surface area (Å²) in [6.07, 6.45) is 2.12. The van der Waals surface area contributed by atoms with Gasteiger partial charge in [-0.05, 0) is 62.9 Å². The lowest BCUT2D eigenvalue weighted by Crippen LogP contribution is -2.34. The Bertz CT molecular complexity index is 1130. The van der Waals surface area contributed by atoms with E-state index in [2.05, 4.69) is 0 Å². The van der Waals surface area contributed by atoms with Crippen molar-refractivity contribution < 1.29 is 4.79 Å². The van der Waals surface area contributed by atoms with Crippen molar-refractivity contribution in [3.05, 3.63) is 63.9 Å². The molecule has 0 aliphatic carbocycles. The number of rotatable bonds is 4. The van der Waals surface area contributed by atoms with Crippen LogP contribution < -0.4 is 5.56 Å². The van der Waals surface area contributed by atoms with E-state index in [1.54, 1.807) is 10.6 Å². The molecule has 150 valence electrons. The van der Waals surface area contributed by atoms with Crippen LogP contribution >= 0.6 is 11.8 Å². The Morgan fingerprint density at radius 2 is 1.79 bits per heavy atom. The van der Waals surface area contributed by atoms with Gasteiger partial charge in [0.25, 0.3) is 5.56 Å². The molecule has 1 aliphatic rings. The Balaban J connectivity index is 1.84. The van der Waals surface area contributed by atoms with Crippen molar-refractivity contribution in [1.29, 1.82) is 0 Å². The summed E-state index contributed by atoms with van der Waals surface area (Å²) in [5.74, 6) is 0.113. The first-order chi connectivity index (χ1) is 14.0. The number of thioether (sulfide) groups is 1. The van der Waals surface area contributed by atoms with E-state index < -0.39 is 0 Å². The van der Waals surface area contributed by atoms with Gasteiger partial charge in [-0.25, -0.2) is 4.98 Å². The highest BCUT2D eigenvalue weighted by Gasteiger charge is 2.26. The highest BCUT2D eigenvalue weighted by molar-refractivity contribution is 8.00. The maximum absolute atomic E-state index is 13.4. The van der Waals surface area contributed by atoms with Crippen molar-refractivity contribution in [1.82, 2.24) is 14.5 Å². The number of hydrogen-bond donors (Lipinski definition) is 0. The predicted molar refractivity (Wildman–Crippen MR) is 118 cm³/mol. The number of hydrogen-bond acceptors (Lipinski definition) is 4. The Hall–Kier alpha value is -2.60. The molecule has 2 heterocycles. The minimum atomic E-state index is -0.308. The van der Waals surface area contributed by atoms with Crippen LogP contribution in [0.5, 0.6) is 0 Å². The van der Waals surface area contributed by atoms with Crippen molar-refractivity contribution in [3.63, 3.8) is 0 Å². The van der Waals surface area contributed by atoms with Gasteiger partial charge in [-0.1, -0.05) is 36.0 Å². The fourth-order valence-corrected chi connectivity index (χ4v) is 4.79. The van der Waals surface area contributed by atoms with Crippen molar-refractivity contribution in [2.24, 2.45) is 0 Å². The van der Waals surface area contributed by atoms with Crippen molar-refractivity contribution in [2.45, 2.75) is 44.0 Å². The Labute approximate surface area is 174 Å². The van der Waals surface area contributed by atoms with E-state index in [-0.39, 0.29) is 16.7 Å². The van der Waals surface area contributed by atoms with Crippen molar-refractivity contribution in [3.8, 4) is 5.69 Å². The lowest BCUT2D eigenvalue weighted by Gasteiger charge is -2.21. The summed E-state index contributed by atoms with van der Waals surface area (Å²) in [6, 6.07) is 13.3. The van der Waals surface area contributed by atoms with E-state index >= 15 is 0 Å². The number of para-hydroxylation sites is 1. The molecule has 1 amide bonds. The zero-order valence-corrected chi connectivity index (χ0v) is 17.8. The van der Waals surface area contributed by atoms with Gasteiger partial charge < -0.3 is 4.90 Å². The number of aryl methyl sites for hydroxylation is 1. The summed E-state index contributed by atoms with van der Waals surface area (Å²) >= 11 is 1.36. The van der Waals surface area contributed by atoms with Gasteiger partial charge in [0.2, 0.25) is 5.91 Å². The molecule has 5 nitrogen and oxygen atoms in total. The Morgan fingerprint density at radius 1 is 1.07 bits per heavy atom. The summed E-state index contributed by atoms with van der Waals surface area (Å²) < 4.78 is 1.67. The van der Waals surface area contributed by atoms with E-state index in [1.807, 2.05) is 62.1 Å². The summed E-state index contributed by atoms with van der Waals surface area (Å²) in [4.78, 5) is 33.0. The molecule has 1 saturated heterocycles. The van der Waals surface area contributed by atoms with Crippen LogP contribution in [-0.4, -0.2) is 38.7 Å². The van der Waals surface area contributed by atoms with Crippen molar-refractivity contribution in [2.75, 3.05) is 13.1 Å². The first kappa shape index (κ1) is 19.7. The average molecular weight is 408 g/mol. The van der Waals surface area contributed by atoms with Gasteiger partial charge in [0.15, 0.2) is 5.16 Å². The molecule has 0 bridgehead atoms. The number of nitrogens with zero attached hydrogens (tertiary/aromatic N) is 3. The smallest absolute Gasteiger partial charge is 0.266 e. The van der Waals surface area contributed by atoms with Gasteiger partial charge in [-0.15, -0.1) is 0 Å². The van der Waals surface area contributed by atoms with Crippen LogP contribution in [0.4, 0.5) is 0 Å². The second-order valence-corrected chi connectivity index (χ2v) is 8.87. The van der Waals surface area contributed by atoms with Gasteiger partial charge in [-0.2, -0.15) is 0 Å². The number of amides is 1. The number of aromatic nitrogens is 2. The zero-order chi connectivity index (χ0) is 20.5. The topological polar surface area (TPSA) is 55.2 Å². The van der Waals surface area contributed by atoms with Crippen LogP contribution in [0.3, 0.4) is 0 Å². The van der Waals surface area contributed by atoms with E-state index in [9.17, 15) is 9.59 Å². The molecule has 0 radical (unpaired) electrons. The van der Waals surface area contributed by atoms with Crippen LogP contribution in [0.2, 0.25) is 0 Å². The minimum Gasteiger partial charge on any atom is -0.342 e. The molecule has 2 aromatic carbocycles. The number of carbonyl (C=O) groups is 1. The van der Waals surface area contributed by atoms with Crippen molar-refractivity contribution >= 4 is 28.6 Å². The molecule has 29 heavy (non-hydrogen) atoms. The summed E-state index contributed by atoms with van der Waals surface area (Å²) in [5, 5.41) is 0.830. The summed E-state index contributed by atoms with van der Waals surface area (Å²) in [7, 11) is 0. The Kier molecular flexibility index (Phi) is 5.46. The molecule has 0 N–H and O–H groups in total. The van der Waals surface area contributed by atoms with Gasteiger partial charge in [0.1, 0.15) is 0 Å². The maximum Gasteiger partial charge on any atom is 0.266 e. The Morgan fingerprint density at radius 3 is 2.55 bits per heavy atom. The third-order valence-corrected chi connectivity index (χ3v) is 6.65. The molecule has 1 fully saturated rings. The van der Waals surface area contributed by atoms with Crippen LogP contribution in [0, 0.1) is 13.8 Å². The second kappa shape index (κ2) is 8.03. The van der Waals surface area contributed by atoms with Crippen LogP contribution in [-0.2, 0) is 4.79 Å². The van der Waals surface area contributed by atoms with E-state index in [4.69, 9.17) is 4.98 Å². The number of fused-ring (bicyclic) bond motifs is 1. The third-order valence-electron chi connectivity index (χ3n) is 5.61. The summed E-state index contributed by atoms with van der Waals surface area (Å²) in [5.41, 5.74) is 3.51. The fraction of sp³-hybridized carbons (Fsp3) is 0.348. The summed E-state index contributed by atoms with van der Waals surface area (Å²) in [6.45, 7) is 7.59. The van der Waals surface area contributed by atoms with Crippen LogP contribution in [0.15, 0.2) is 52.4 Å². The highest BCUT2D eigenvalue weighted by Crippen LogP contribution is 2.28. The lowest BCUT2D eigenvalue weighted by atomic mass is 10.1. The number of likely N-dealkylation sites (tertiary alicyclic amines) is 1. The van der Waals surface area contributed by atoms with E-state index in [0.717, 1.165) is 42.7 Å². The van der Waals surface area contributed by atoms with Gasteiger partial charge in [-0.3, -0.25) is 14.2 Å². The molecule has 6 heteroatoms. The van der Waals surface area contributed by atoms with E-state index in [1.165, 1.54) is 11.8 Å².